The van der Waals surface area contributed by atoms with Crippen molar-refractivity contribution in [3.05, 3.63) is 65.7 Å². The summed E-state index contributed by atoms with van der Waals surface area (Å²) in [5.74, 6) is 5.99. The van der Waals surface area contributed by atoms with Crippen molar-refractivity contribution in [2.75, 3.05) is 23.9 Å². The lowest BCUT2D eigenvalue weighted by Gasteiger charge is -2.07. The molecule has 0 unspecified atom stereocenters. The summed E-state index contributed by atoms with van der Waals surface area (Å²) in [4.78, 5) is 11.7. The van der Waals surface area contributed by atoms with E-state index in [-0.39, 0.29) is 12.3 Å². The fourth-order valence-corrected chi connectivity index (χ4v) is 2.34. The predicted molar refractivity (Wildman–Crippen MR) is 95.6 cm³/mol. The molecule has 0 bridgehead atoms. The zero-order valence-electron chi connectivity index (χ0n) is 13.2. The molecule has 0 radical (unpaired) electrons. The number of hydrogen-bond donors (Lipinski definition) is 2. The molecule has 5 nitrogen and oxygen atoms in total. The van der Waals surface area contributed by atoms with E-state index >= 15 is 0 Å². The molecule has 2 amide bonds. The minimum atomic E-state index is -3.09. The molecule has 0 aromatic heterocycles. The second-order valence-corrected chi connectivity index (χ2v) is 7.47. The fourth-order valence-electron chi connectivity index (χ4n) is 1.87. The van der Waals surface area contributed by atoms with E-state index in [0.29, 0.717) is 5.69 Å². The number of hydrogen-bond acceptors (Lipinski definition) is 3. The van der Waals surface area contributed by atoms with Crippen LogP contribution >= 0.6 is 0 Å². The second-order valence-electron chi connectivity index (χ2n) is 5.21. The summed E-state index contributed by atoms with van der Waals surface area (Å²) in [5.41, 5.74) is 2.27. The van der Waals surface area contributed by atoms with Crippen LogP contribution in [-0.4, -0.2) is 33.0 Å². The van der Waals surface area contributed by atoms with Crippen molar-refractivity contribution in [1.82, 2.24) is 5.32 Å². The smallest absolute Gasteiger partial charge is 0.319 e. The van der Waals surface area contributed by atoms with Crippen LogP contribution in [0.4, 0.5) is 10.5 Å². The molecule has 2 aromatic rings. The summed E-state index contributed by atoms with van der Waals surface area (Å²) < 4.78 is 22.0. The van der Waals surface area contributed by atoms with E-state index < -0.39 is 15.9 Å². The first kappa shape index (κ1) is 17.6. The van der Waals surface area contributed by atoms with Crippen LogP contribution in [0.5, 0.6) is 0 Å². The van der Waals surface area contributed by atoms with Crippen molar-refractivity contribution in [2.24, 2.45) is 0 Å². The molecule has 2 N–H and O–H groups in total. The second kappa shape index (κ2) is 8.18. The Balaban J connectivity index is 1.95. The Morgan fingerprint density at radius 3 is 2.38 bits per heavy atom. The fraction of sp³-hybridized carbons (Fsp3) is 0.167. The Kier molecular flexibility index (Phi) is 5.99. The first-order valence-corrected chi connectivity index (χ1v) is 9.38. The van der Waals surface area contributed by atoms with Gasteiger partial charge >= 0.3 is 6.03 Å². The van der Waals surface area contributed by atoms with Gasteiger partial charge in [-0.05, 0) is 30.3 Å². The van der Waals surface area contributed by atoms with E-state index in [1.54, 1.807) is 18.2 Å². The summed E-state index contributed by atoms with van der Waals surface area (Å²) in [6.07, 6.45) is 1.13. The number of amides is 2. The normalized spacial score (nSPS) is 10.4. The Bertz CT molecular complexity index is 866. The summed E-state index contributed by atoms with van der Waals surface area (Å²) in [7, 11) is -3.09. The van der Waals surface area contributed by atoms with Gasteiger partial charge in [0.25, 0.3) is 0 Å². The molecule has 124 valence electrons. The van der Waals surface area contributed by atoms with E-state index in [1.165, 1.54) is 0 Å². The van der Waals surface area contributed by atoms with Crippen LogP contribution in [-0.2, 0) is 9.84 Å². The van der Waals surface area contributed by atoms with Crippen molar-refractivity contribution in [2.45, 2.75) is 0 Å². The highest BCUT2D eigenvalue weighted by Gasteiger charge is 2.05. The molecule has 6 heteroatoms. The van der Waals surface area contributed by atoms with Crippen LogP contribution < -0.4 is 10.6 Å². The third-order valence-corrected chi connectivity index (χ3v) is 3.95. The minimum absolute atomic E-state index is 0.0676. The van der Waals surface area contributed by atoms with Crippen LogP contribution in [0.1, 0.15) is 11.1 Å². The molecule has 0 spiro atoms. The van der Waals surface area contributed by atoms with Gasteiger partial charge in [-0.15, -0.1) is 0 Å². The van der Waals surface area contributed by atoms with Gasteiger partial charge in [-0.3, -0.25) is 0 Å². The summed E-state index contributed by atoms with van der Waals surface area (Å²) in [6, 6.07) is 16.3. The average Bonchev–Trinajstić information content (AvgIpc) is 2.53. The van der Waals surface area contributed by atoms with Gasteiger partial charge < -0.3 is 10.6 Å². The third kappa shape index (κ3) is 6.55. The zero-order chi connectivity index (χ0) is 17.4. The zero-order valence-corrected chi connectivity index (χ0v) is 14.1. The van der Waals surface area contributed by atoms with Gasteiger partial charge in [0, 0.05) is 29.6 Å². The van der Waals surface area contributed by atoms with Gasteiger partial charge in [0.2, 0.25) is 0 Å². The SMILES string of the molecule is CS(=O)(=O)CCNC(=O)Nc1cccc(C#Cc2ccccc2)c1. The van der Waals surface area contributed by atoms with Gasteiger partial charge in [0.15, 0.2) is 0 Å². The maximum Gasteiger partial charge on any atom is 0.319 e. The summed E-state index contributed by atoms with van der Waals surface area (Å²) in [6.45, 7) is 0.0676. The van der Waals surface area contributed by atoms with Crippen LogP contribution in [0.2, 0.25) is 0 Å². The number of sulfone groups is 1. The van der Waals surface area contributed by atoms with Gasteiger partial charge in [0.05, 0.1) is 5.75 Å². The molecule has 0 aliphatic carbocycles. The van der Waals surface area contributed by atoms with E-state index in [2.05, 4.69) is 22.5 Å². The lowest BCUT2D eigenvalue weighted by molar-refractivity contribution is 0.252. The summed E-state index contributed by atoms with van der Waals surface area (Å²) >= 11 is 0. The van der Waals surface area contributed by atoms with E-state index in [1.807, 2.05) is 36.4 Å². The van der Waals surface area contributed by atoms with Crippen LogP contribution in [0.25, 0.3) is 0 Å². The lowest BCUT2D eigenvalue weighted by atomic mass is 10.1. The number of urea groups is 1. The molecule has 0 aliphatic rings. The number of carbonyl (C=O) groups is 1. The topological polar surface area (TPSA) is 75.3 Å². The predicted octanol–water partition coefficient (Wildman–Crippen LogP) is 2.25. The minimum Gasteiger partial charge on any atom is -0.337 e. The summed E-state index contributed by atoms with van der Waals surface area (Å²) in [5, 5.41) is 5.15. The van der Waals surface area contributed by atoms with E-state index in [4.69, 9.17) is 0 Å². The quantitative estimate of drug-likeness (QED) is 0.837. The van der Waals surface area contributed by atoms with Gasteiger partial charge in [-0.1, -0.05) is 36.1 Å². The number of carbonyl (C=O) groups excluding carboxylic acids is 1. The van der Waals surface area contributed by atoms with Crippen molar-refractivity contribution in [3.63, 3.8) is 0 Å². The lowest BCUT2D eigenvalue weighted by Crippen LogP contribution is -2.32. The molecular weight excluding hydrogens is 324 g/mol. The highest BCUT2D eigenvalue weighted by atomic mass is 32.2. The molecule has 2 aromatic carbocycles. The Labute approximate surface area is 142 Å². The number of anilines is 1. The average molecular weight is 342 g/mol. The molecule has 0 aliphatic heterocycles. The van der Waals surface area contributed by atoms with E-state index in [9.17, 15) is 13.2 Å². The Morgan fingerprint density at radius 2 is 1.67 bits per heavy atom. The van der Waals surface area contributed by atoms with Crippen LogP contribution in [0.15, 0.2) is 54.6 Å². The number of rotatable bonds is 4. The largest absolute Gasteiger partial charge is 0.337 e. The van der Waals surface area contributed by atoms with E-state index in [0.717, 1.165) is 17.4 Å². The van der Waals surface area contributed by atoms with Crippen LogP contribution in [0, 0.1) is 11.8 Å². The van der Waals surface area contributed by atoms with Gasteiger partial charge in [0.1, 0.15) is 9.84 Å². The number of nitrogens with one attached hydrogen (secondary N) is 2. The molecule has 0 saturated heterocycles. The molecular formula is C18H18N2O3S. The highest BCUT2D eigenvalue weighted by Crippen LogP contribution is 2.10. The molecule has 0 fully saturated rings. The standard InChI is InChI=1S/C18H18N2O3S/c1-24(22,23)13-12-19-18(21)20-17-9-5-8-16(14-17)11-10-15-6-3-2-4-7-15/h2-9,14H,12-13H2,1H3,(H2,19,20,21). The first-order chi connectivity index (χ1) is 11.4. The van der Waals surface area contributed by atoms with Crippen molar-refractivity contribution >= 4 is 21.6 Å². The maximum atomic E-state index is 11.7. The Morgan fingerprint density at radius 1 is 1.00 bits per heavy atom. The van der Waals surface area contributed by atoms with Crippen LogP contribution in [0.3, 0.4) is 0 Å². The molecule has 24 heavy (non-hydrogen) atoms. The first-order valence-electron chi connectivity index (χ1n) is 7.32. The molecule has 0 saturated carbocycles. The molecule has 2 rings (SSSR count). The van der Waals surface area contributed by atoms with Crippen molar-refractivity contribution in [1.29, 1.82) is 0 Å². The van der Waals surface area contributed by atoms with Gasteiger partial charge in [-0.2, -0.15) is 0 Å². The molecule has 0 heterocycles. The maximum absolute atomic E-state index is 11.7. The monoisotopic (exact) mass is 342 g/mol. The Hall–Kier alpha value is -2.78. The third-order valence-electron chi connectivity index (χ3n) is 3.00. The van der Waals surface area contributed by atoms with Crippen molar-refractivity contribution in [3.8, 4) is 11.8 Å². The highest BCUT2D eigenvalue weighted by molar-refractivity contribution is 7.90. The van der Waals surface area contributed by atoms with Gasteiger partial charge in [-0.25, -0.2) is 13.2 Å². The number of benzene rings is 2. The van der Waals surface area contributed by atoms with Crippen molar-refractivity contribution < 1.29 is 13.2 Å². The molecule has 0 atom stereocenters.